The molecule has 1 unspecified atom stereocenters. The van der Waals surface area contributed by atoms with E-state index >= 15 is 0 Å². The van der Waals surface area contributed by atoms with Crippen LogP contribution in [0.5, 0.6) is 0 Å². The van der Waals surface area contributed by atoms with Crippen molar-refractivity contribution in [2.75, 3.05) is 5.32 Å². The molecule has 1 aliphatic carbocycles. The fourth-order valence-electron chi connectivity index (χ4n) is 3.04. The van der Waals surface area contributed by atoms with Gasteiger partial charge in [-0.15, -0.1) is 0 Å². The van der Waals surface area contributed by atoms with Crippen LogP contribution in [0.2, 0.25) is 0 Å². The number of hydrogen-bond donors (Lipinski definition) is 2. The zero-order valence-corrected chi connectivity index (χ0v) is 16.1. The summed E-state index contributed by atoms with van der Waals surface area (Å²) in [5, 5.41) is 2.64. The van der Waals surface area contributed by atoms with E-state index in [-0.39, 0.29) is 16.8 Å². The molecule has 3 rings (SSSR count). The first kappa shape index (κ1) is 18.6. The Balaban J connectivity index is 1.91. The van der Waals surface area contributed by atoms with Gasteiger partial charge in [0.15, 0.2) is 0 Å². The third kappa shape index (κ3) is 4.31. The van der Waals surface area contributed by atoms with Gasteiger partial charge in [-0.05, 0) is 55.9 Å². The van der Waals surface area contributed by atoms with Gasteiger partial charge in [-0.2, -0.15) is 0 Å². The van der Waals surface area contributed by atoms with Gasteiger partial charge in [-0.1, -0.05) is 35.9 Å². The molecule has 2 aromatic rings. The Labute approximate surface area is 154 Å². The standard InChI is InChI=1S/C20H24N2O3S/c1-13-4-7-16(8-5-13)20(17-9-10-17)22-26(24,25)19-12-18(21-15(3)23)11-6-14(19)2/h4-8,11-12,17,20,22H,9-10H2,1-3H3,(H,21,23). The van der Waals surface area contributed by atoms with Crippen LogP contribution in [-0.4, -0.2) is 14.3 Å². The summed E-state index contributed by atoms with van der Waals surface area (Å²) in [6.45, 7) is 5.16. The first-order chi connectivity index (χ1) is 12.3. The van der Waals surface area contributed by atoms with Crippen LogP contribution < -0.4 is 10.0 Å². The van der Waals surface area contributed by atoms with E-state index in [0.717, 1.165) is 24.0 Å². The van der Waals surface area contributed by atoms with E-state index in [4.69, 9.17) is 0 Å². The highest BCUT2D eigenvalue weighted by molar-refractivity contribution is 7.89. The number of carbonyl (C=O) groups excluding carboxylic acids is 1. The van der Waals surface area contributed by atoms with Gasteiger partial charge in [0.05, 0.1) is 4.90 Å². The zero-order chi connectivity index (χ0) is 18.9. The molecule has 26 heavy (non-hydrogen) atoms. The number of benzene rings is 2. The molecule has 0 heterocycles. The molecule has 1 atom stereocenters. The number of anilines is 1. The Kier molecular flexibility index (Phi) is 5.16. The van der Waals surface area contributed by atoms with Crippen molar-refractivity contribution in [3.8, 4) is 0 Å². The number of aryl methyl sites for hydroxylation is 2. The molecule has 5 nitrogen and oxygen atoms in total. The molecule has 0 saturated heterocycles. The number of nitrogens with one attached hydrogen (secondary N) is 2. The van der Waals surface area contributed by atoms with E-state index in [9.17, 15) is 13.2 Å². The third-order valence-electron chi connectivity index (χ3n) is 4.61. The lowest BCUT2D eigenvalue weighted by atomic mass is 10.0. The van der Waals surface area contributed by atoms with Crippen LogP contribution in [0.1, 0.15) is 42.5 Å². The number of hydrogen-bond acceptors (Lipinski definition) is 3. The van der Waals surface area contributed by atoms with Crippen LogP contribution in [0.4, 0.5) is 5.69 Å². The van der Waals surface area contributed by atoms with Gasteiger partial charge in [-0.25, -0.2) is 13.1 Å². The second kappa shape index (κ2) is 7.21. The van der Waals surface area contributed by atoms with Crippen LogP contribution in [0.15, 0.2) is 47.4 Å². The van der Waals surface area contributed by atoms with Gasteiger partial charge >= 0.3 is 0 Å². The fourth-order valence-corrected chi connectivity index (χ4v) is 4.60. The molecule has 0 spiro atoms. The molecule has 1 saturated carbocycles. The molecule has 1 fully saturated rings. The van der Waals surface area contributed by atoms with Crippen molar-refractivity contribution >= 4 is 21.6 Å². The summed E-state index contributed by atoms with van der Waals surface area (Å²) in [6, 6.07) is 12.7. The SMILES string of the molecule is CC(=O)Nc1ccc(C)c(S(=O)(=O)NC(c2ccc(C)cc2)C2CC2)c1. The minimum Gasteiger partial charge on any atom is -0.326 e. The van der Waals surface area contributed by atoms with Gasteiger partial charge in [0.1, 0.15) is 0 Å². The van der Waals surface area contributed by atoms with E-state index in [1.54, 1.807) is 19.1 Å². The Bertz CT molecular complexity index is 917. The van der Waals surface area contributed by atoms with Gasteiger partial charge in [0, 0.05) is 18.7 Å². The topological polar surface area (TPSA) is 75.3 Å². The summed E-state index contributed by atoms with van der Waals surface area (Å²) in [7, 11) is -3.71. The van der Waals surface area contributed by atoms with Gasteiger partial charge in [-0.3, -0.25) is 4.79 Å². The highest BCUT2D eigenvalue weighted by Gasteiger charge is 2.35. The quantitative estimate of drug-likeness (QED) is 0.812. The average Bonchev–Trinajstić information content (AvgIpc) is 3.40. The molecule has 138 valence electrons. The van der Waals surface area contributed by atoms with Crippen molar-refractivity contribution in [2.24, 2.45) is 5.92 Å². The molecule has 2 N–H and O–H groups in total. The molecule has 0 bridgehead atoms. The van der Waals surface area contributed by atoms with E-state index < -0.39 is 10.0 Å². The van der Waals surface area contributed by atoms with E-state index in [1.807, 2.05) is 31.2 Å². The summed E-state index contributed by atoms with van der Waals surface area (Å²) in [5.74, 6) is 0.0898. The van der Waals surface area contributed by atoms with Crippen molar-refractivity contribution in [3.63, 3.8) is 0 Å². The first-order valence-corrected chi connectivity index (χ1v) is 10.2. The summed E-state index contributed by atoms with van der Waals surface area (Å²) in [5.41, 5.74) is 3.24. The first-order valence-electron chi connectivity index (χ1n) is 8.73. The van der Waals surface area contributed by atoms with Gasteiger partial charge in [0.2, 0.25) is 15.9 Å². The van der Waals surface area contributed by atoms with Crippen molar-refractivity contribution in [1.82, 2.24) is 4.72 Å². The predicted molar refractivity (Wildman–Crippen MR) is 102 cm³/mol. The Hall–Kier alpha value is -2.18. The van der Waals surface area contributed by atoms with Crippen molar-refractivity contribution in [1.29, 1.82) is 0 Å². The van der Waals surface area contributed by atoms with E-state index in [2.05, 4.69) is 10.0 Å². The number of carbonyl (C=O) groups is 1. The number of sulfonamides is 1. The maximum atomic E-state index is 13.1. The highest BCUT2D eigenvalue weighted by atomic mass is 32.2. The highest BCUT2D eigenvalue weighted by Crippen LogP contribution is 2.42. The van der Waals surface area contributed by atoms with Crippen LogP contribution >= 0.6 is 0 Å². The second-order valence-electron chi connectivity index (χ2n) is 7.01. The maximum Gasteiger partial charge on any atom is 0.241 e. The van der Waals surface area contributed by atoms with Crippen molar-refractivity contribution < 1.29 is 13.2 Å². The summed E-state index contributed by atoms with van der Waals surface area (Å²) < 4.78 is 29.0. The van der Waals surface area contributed by atoms with Crippen molar-refractivity contribution in [3.05, 3.63) is 59.2 Å². The van der Waals surface area contributed by atoms with Crippen LogP contribution in [0.3, 0.4) is 0 Å². The fraction of sp³-hybridized carbons (Fsp3) is 0.350. The summed E-state index contributed by atoms with van der Waals surface area (Å²) in [4.78, 5) is 11.5. The molecular formula is C20H24N2O3S. The maximum absolute atomic E-state index is 13.1. The smallest absolute Gasteiger partial charge is 0.241 e. The number of rotatable bonds is 6. The summed E-state index contributed by atoms with van der Waals surface area (Å²) >= 11 is 0. The molecular weight excluding hydrogens is 348 g/mol. The van der Waals surface area contributed by atoms with Gasteiger partial charge in [0.25, 0.3) is 0 Å². The lowest BCUT2D eigenvalue weighted by molar-refractivity contribution is -0.114. The predicted octanol–water partition coefficient (Wildman–Crippen LogP) is 3.69. The minimum atomic E-state index is -3.71. The van der Waals surface area contributed by atoms with Crippen LogP contribution in [-0.2, 0) is 14.8 Å². The molecule has 0 radical (unpaired) electrons. The molecule has 1 aliphatic rings. The molecule has 2 aromatic carbocycles. The van der Waals surface area contributed by atoms with E-state index in [1.165, 1.54) is 13.0 Å². The monoisotopic (exact) mass is 372 g/mol. The molecule has 0 aliphatic heterocycles. The normalized spacial score (nSPS) is 15.5. The second-order valence-corrected chi connectivity index (χ2v) is 8.69. The van der Waals surface area contributed by atoms with Gasteiger partial charge < -0.3 is 5.32 Å². The molecule has 1 amide bonds. The Morgan fingerprint density at radius 3 is 2.31 bits per heavy atom. The molecule has 0 aromatic heterocycles. The number of amides is 1. The average molecular weight is 372 g/mol. The van der Waals surface area contributed by atoms with Crippen LogP contribution in [0, 0.1) is 19.8 Å². The Morgan fingerprint density at radius 2 is 1.73 bits per heavy atom. The van der Waals surface area contributed by atoms with E-state index in [0.29, 0.717) is 17.2 Å². The molecule has 6 heteroatoms. The lowest BCUT2D eigenvalue weighted by Crippen LogP contribution is -2.30. The lowest BCUT2D eigenvalue weighted by Gasteiger charge is -2.20. The zero-order valence-electron chi connectivity index (χ0n) is 15.2. The largest absolute Gasteiger partial charge is 0.326 e. The summed E-state index contributed by atoms with van der Waals surface area (Å²) in [6.07, 6.45) is 2.04. The minimum absolute atomic E-state index is 0.196. The Morgan fingerprint density at radius 1 is 1.08 bits per heavy atom. The van der Waals surface area contributed by atoms with Crippen LogP contribution in [0.25, 0.3) is 0 Å². The van der Waals surface area contributed by atoms with Crippen molar-refractivity contribution in [2.45, 2.75) is 44.6 Å². The third-order valence-corrected chi connectivity index (χ3v) is 6.19.